The number of hydrogen-bond acceptors (Lipinski definition) is 6. The van der Waals surface area contributed by atoms with E-state index in [4.69, 9.17) is 5.26 Å². The van der Waals surface area contributed by atoms with Gasteiger partial charge in [-0.2, -0.15) is 5.26 Å². The van der Waals surface area contributed by atoms with E-state index in [2.05, 4.69) is 9.72 Å². The molecule has 0 amide bonds. The van der Waals surface area contributed by atoms with Crippen molar-refractivity contribution in [3.8, 4) is 6.07 Å². The zero-order valence-electron chi connectivity index (χ0n) is 9.91. The number of aliphatic hydroxyl groups excluding tert-OH is 2. The van der Waals surface area contributed by atoms with Gasteiger partial charge < -0.3 is 14.9 Å². The summed E-state index contributed by atoms with van der Waals surface area (Å²) >= 11 is 0. The average molecular weight is 250 g/mol. The summed E-state index contributed by atoms with van der Waals surface area (Å²) < 4.78 is 4.67. The Morgan fingerprint density at radius 2 is 2.28 bits per heavy atom. The minimum atomic E-state index is -1.29. The average Bonchev–Trinajstić information content (AvgIpc) is 2.38. The van der Waals surface area contributed by atoms with E-state index in [0.717, 1.165) is 0 Å². The zero-order chi connectivity index (χ0) is 13.5. The second-order valence-corrected chi connectivity index (χ2v) is 3.64. The Labute approximate surface area is 104 Å². The summed E-state index contributed by atoms with van der Waals surface area (Å²) in [6.07, 6.45) is -0.213. The monoisotopic (exact) mass is 250 g/mol. The van der Waals surface area contributed by atoms with Gasteiger partial charge in [0.1, 0.15) is 12.2 Å². The molecule has 2 N–H and O–H groups in total. The van der Waals surface area contributed by atoms with Crippen LogP contribution in [-0.4, -0.2) is 33.9 Å². The molecule has 1 heterocycles. The molecule has 0 spiro atoms. The molecule has 1 aromatic rings. The molecule has 1 rings (SSSR count). The standard InChI is InChI=1S/C12H14N2O4/c1-2-18-11(16)4-10(15)12(17)9-3-8(5-13)6-14-7-9/h3,6-7,10,12,15,17H,2,4H2,1H3. The van der Waals surface area contributed by atoms with E-state index < -0.39 is 18.2 Å². The van der Waals surface area contributed by atoms with Crippen molar-refractivity contribution in [2.45, 2.75) is 25.6 Å². The summed E-state index contributed by atoms with van der Waals surface area (Å²) in [5.41, 5.74) is 0.556. The quantitative estimate of drug-likeness (QED) is 0.728. The molecule has 6 heteroatoms. The molecule has 96 valence electrons. The van der Waals surface area contributed by atoms with Gasteiger partial charge in [-0.05, 0) is 13.0 Å². The van der Waals surface area contributed by atoms with Crippen molar-refractivity contribution < 1.29 is 19.7 Å². The van der Waals surface area contributed by atoms with Crippen molar-refractivity contribution in [1.82, 2.24) is 4.98 Å². The van der Waals surface area contributed by atoms with Crippen molar-refractivity contribution in [1.29, 1.82) is 5.26 Å². The van der Waals surface area contributed by atoms with E-state index >= 15 is 0 Å². The Hall–Kier alpha value is -1.97. The molecule has 0 saturated carbocycles. The van der Waals surface area contributed by atoms with Gasteiger partial charge in [0.2, 0.25) is 0 Å². The number of carbonyl (C=O) groups excluding carboxylic acids is 1. The van der Waals surface area contributed by atoms with E-state index in [1.807, 2.05) is 6.07 Å². The molecule has 0 saturated heterocycles. The molecular weight excluding hydrogens is 236 g/mol. The lowest BCUT2D eigenvalue weighted by atomic mass is 10.0. The van der Waals surface area contributed by atoms with Crippen molar-refractivity contribution in [3.63, 3.8) is 0 Å². The molecule has 0 radical (unpaired) electrons. The third-order valence-electron chi connectivity index (χ3n) is 2.28. The third-order valence-corrected chi connectivity index (χ3v) is 2.28. The number of carbonyl (C=O) groups is 1. The fourth-order valence-electron chi connectivity index (χ4n) is 1.41. The van der Waals surface area contributed by atoms with E-state index in [-0.39, 0.29) is 24.2 Å². The maximum atomic E-state index is 11.2. The van der Waals surface area contributed by atoms with Gasteiger partial charge in [0.15, 0.2) is 0 Å². The van der Waals surface area contributed by atoms with E-state index in [1.54, 1.807) is 6.92 Å². The van der Waals surface area contributed by atoms with Crippen LogP contribution in [0, 0.1) is 11.3 Å². The topological polar surface area (TPSA) is 103 Å². The van der Waals surface area contributed by atoms with Crippen LogP contribution in [0.4, 0.5) is 0 Å². The minimum absolute atomic E-state index is 0.215. The first kappa shape index (κ1) is 14.1. The lowest BCUT2D eigenvalue weighted by molar-refractivity contribution is -0.147. The highest BCUT2D eigenvalue weighted by Crippen LogP contribution is 2.19. The number of rotatable bonds is 5. The number of esters is 1. The van der Waals surface area contributed by atoms with Gasteiger partial charge in [-0.25, -0.2) is 0 Å². The van der Waals surface area contributed by atoms with Gasteiger partial charge in [-0.3, -0.25) is 9.78 Å². The van der Waals surface area contributed by atoms with Crippen molar-refractivity contribution in [2.75, 3.05) is 6.61 Å². The number of hydrogen-bond donors (Lipinski definition) is 2. The highest BCUT2D eigenvalue weighted by Gasteiger charge is 2.22. The molecule has 0 aliphatic carbocycles. The number of ether oxygens (including phenoxy) is 1. The van der Waals surface area contributed by atoms with Crippen molar-refractivity contribution in [2.24, 2.45) is 0 Å². The summed E-state index contributed by atoms with van der Waals surface area (Å²) in [6, 6.07) is 3.28. The van der Waals surface area contributed by atoms with Crippen LogP contribution in [-0.2, 0) is 9.53 Å². The van der Waals surface area contributed by atoms with Gasteiger partial charge in [-0.15, -0.1) is 0 Å². The second-order valence-electron chi connectivity index (χ2n) is 3.64. The molecule has 1 aromatic heterocycles. The van der Waals surface area contributed by atoms with Gasteiger partial charge in [-0.1, -0.05) is 0 Å². The fraction of sp³-hybridized carbons (Fsp3) is 0.417. The Morgan fingerprint density at radius 1 is 1.56 bits per heavy atom. The Bertz CT molecular complexity index is 456. The van der Waals surface area contributed by atoms with Crippen molar-refractivity contribution in [3.05, 3.63) is 29.6 Å². The summed E-state index contributed by atoms with van der Waals surface area (Å²) in [7, 11) is 0. The smallest absolute Gasteiger partial charge is 0.308 e. The highest BCUT2D eigenvalue weighted by atomic mass is 16.5. The van der Waals surface area contributed by atoms with Crippen LogP contribution in [0.1, 0.15) is 30.6 Å². The summed E-state index contributed by atoms with van der Waals surface area (Å²) in [4.78, 5) is 14.9. The summed E-state index contributed by atoms with van der Waals surface area (Å²) in [6.45, 7) is 1.87. The molecule has 18 heavy (non-hydrogen) atoms. The van der Waals surface area contributed by atoms with Gasteiger partial charge in [0.05, 0.1) is 24.7 Å². The minimum Gasteiger partial charge on any atom is -0.466 e. The molecule has 0 aliphatic rings. The van der Waals surface area contributed by atoms with Crippen LogP contribution in [0.5, 0.6) is 0 Å². The molecule has 0 bridgehead atoms. The number of pyridine rings is 1. The van der Waals surface area contributed by atoms with Crippen LogP contribution in [0.2, 0.25) is 0 Å². The molecule has 6 nitrogen and oxygen atoms in total. The molecule has 0 aromatic carbocycles. The predicted octanol–water partition coefficient (Wildman–Crippen LogP) is 0.301. The van der Waals surface area contributed by atoms with Gasteiger partial charge in [0.25, 0.3) is 0 Å². The molecule has 0 fully saturated rings. The maximum Gasteiger partial charge on any atom is 0.308 e. The van der Waals surface area contributed by atoms with Crippen LogP contribution in [0.3, 0.4) is 0 Å². The predicted molar refractivity (Wildman–Crippen MR) is 61.2 cm³/mol. The lowest BCUT2D eigenvalue weighted by Crippen LogP contribution is -2.23. The van der Waals surface area contributed by atoms with Gasteiger partial charge >= 0.3 is 5.97 Å². The largest absolute Gasteiger partial charge is 0.466 e. The van der Waals surface area contributed by atoms with E-state index in [0.29, 0.717) is 0 Å². The van der Waals surface area contributed by atoms with Crippen LogP contribution in [0.15, 0.2) is 18.5 Å². The summed E-state index contributed by atoms with van der Waals surface area (Å²) in [5.74, 6) is -0.589. The number of aromatic nitrogens is 1. The normalized spacial score (nSPS) is 13.4. The van der Waals surface area contributed by atoms with Crippen LogP contribution < -0.4 is 0 Å². The molecule has 2 atom stereocenters. The van der Waals surface area contributed by atoms with Crippen molar-refractivity contribution >= 4 is 5.97 Å². The highest BCUT2D eigenvalue weighted by molar-refractivity contribution is 5.70. The van der Waals surface area contributed by atoms with Gasteiger partial charge in [0, 0.05) is 18.0 Å². The lowest BCUT2D eigenvalue weighted by Gasteiger charge is -2.17. The third kappa shape index (κ3) is 3.80. The molecule has 2 unspecified atom stereocenters. The molecular formula is C12H14N2O4. The SMILES string of the molecule is CCOC(=O)CC(O)C(O)c1cncc(C#N)c1. The van der Waals surface area contributed by atoms with E-state index in [9.17, 15) is 15.0 Å². The maximum absolute atomic E-state index is 11.2. The number of nitriles is 1. The first-order chi connectivity index (χ1) is 8.58. The summed E-state index contributed by atoms with van der Waals surface area (Å²) in [5, 5.41) is 28.2. The zero-order valence-corrected chi connectivity index (χ0v) is 9.91. The second kappa shape index (κ2) is 6.69. The Kier molecular flexibility index (Phi) is 5.24. The van der Waals surface area contributed by atoms with Crippen LogP contribution in [0.25, 0.3) is 0 Å². The first-order valence-corrected chi connectivity index (χ1v) is 5.45. The van der Waals surface area contributed by atoms with Crippen LogP contribution >= 0.6 is 0 Å². The first-order valence-electron chi connectivity index (χ1n) is 5.45. The Balaban J connectivity index is 2.71. The Morgan fingerprint density at radius 3 is 2.89 bits per heavy atom. The number of nitrogens with zero attached hydrogens (tertiary/aromatic N) is 2. The van der Waals surface area contributed by atoms with E-state index in [1.165, 1.54) is 18.5 Å². The molecule has 0 aliphatic heterocycles. The number of aliphatic hydroxyl groups is 2. The fourth-order valence-corrected chi connectivity index (χ4v) is 1.41.